The summed E-state index contributed by atoms with van der Waals surface area (Å²) in [5.74, 6) is -0.592. The summed E-state index contributed by atoms with van der Waals surface area (Å²) >= 11 is 8.39. The van der Waals surface area contributed by atoms with Crippen LogP contribution in [-0.4, -0.2) is 18.3 Å². The van der Waals surface area contributed by atoms with E-state index in [1.54, 1.807) is 18.2 Å². The maximum absolute atomic E-state index is 13.4. The second kappa shape index (κ2) is 6.08. The van der Waals surface area contributed by atoms with Crippen LogP contribution >= 0.6 is 27.5 Å². The number of carbonyl (C=O) groups excluding carboxylic acids is 1. The fourth-order valence-corrected chi connectivity index (χ4v) is 1.63. The Morgan fingerprint density at radius 3 is 2.93 bits per heavy atom. The molecule has 0 aliphatic carbocycles. The van der Waals surface area contributed by atoms with Crippen LogP contribution in [-0.2, 0) is 11.2 Å². The SMILES string of the molecule is O=C(CCl)NCCc1cccc(Br)c1F. The van der Waals surface area contributed by atoms with Crippen molar-refractivity contribution in [2.45, 2.75) is 6.42 Å². The lowest BCUT2D eigenvalue weighted by Gasteiger charge is -2.05. The third-order valence-electron chi connectivity index (χ3n) is 1.87. The summed E-state index contributed by atoms with van der Waals surface area (Å²) in [5, 5.41) is 2.57. The summed E-state index contributed by atoms with van der Waals surface area (Å²) < 4.78 is 13.9. The van der Waals surface area contributed by atoms with Crippen molar-refractivity contribution < 1.29 is 9.18 Å². The van der Waals surface area contributed by atoms with E-state index in [0.717, 1.165) is 0 Å². The maximum Gasteiger partial charge on any atom is 0.234 e. The number of hydrogen-bond acceptors (Lipinski definition) is 1. The molecule has 0 bridgehead atoms. The van der Waals surface area contributed by atoms with E-state index < -0.39 is 0 Å². The van der Waals surface area contributed by atoms with Gasteiger partial charge >= 0.3 is 0 Å². The van der Waals surface area contributed by atoms with Gasteiger partial charge in [-0.25, -0.2) is 4.39 Å². The van der Waals surface area contributed by atoms with Gasteiger partial charge in [-0.3, -0.25) is 4.79 Å². The van der Waals surface area contributed by atoms with Gasteiger partial charge in [0, 0.05) is 6.54 Å². The first kappa shape index (κ1) is 12.5. The molecule has 15 heavy (non-hydrogen) atoms. The van der Waals surface area contributed by atoms with Gasteiger partial charge in [0.25, 0.3) is 0 Å². The Hall–Kier alpha value is -0.610. The van der Waals surface area contributed by atoms with E-state index in [2.05, 4.69) is 21.2 Å². The molecule has 5 heteroatoms. The van der Waals surface area contributed by atoms with Crippen molar-refractivity contribution in [1.29, 1.82) is 0 Å². The molecule has 0 aliphatic heterocycles. The van der Waals surface area contributed by atoms with Crippen LogP contribution in [0.15, 0.2) is 22.7 Å². The molecule has 0 atom stereocenters. The molecular formula is C10H10BrClFNO. The van der Waals surface area contributed by atoms with E-state index in [9.17, 15) is 9.18 Å². The summed E-state index contributed by atoms with van der Waals surface area (Å²) in [6.07, 6.45) is 0.452. The second-order valence-electron chi connectivity index (χ2n) is 2.95. The maximum atomic E-state index is 13.4. The topological polar surface area (TPSA) is 29.1 Å². The molecule has 82 valence electrons. The van der Waals surface area contributed by atoms with Gasteiger partial charge in [-0.2, -0.15) is 0 Å². The normalized spacial score (nSPS) is 10.1. The fourth-order valence-electron chi connectivity index (χ4n) is 1.13. The Balaban J connectivity index is 2.51. The van der Waals surface area contributed by atoms with Crippen molar-refractivity contribution in [2.75, 3.05) is 12.4 Å². The Kier molecular flexibility index (Phi) is 5.05. The molecule has 1 aromatic rings. The standard InChI is InChI=1S/C10H10BrClFNO/c11-8-3-1-2-7(10(8)13)4-5-14-9(15)6-12/h1-3H,4-6H2,(H,14,15). The van der Waals surface area contributed by atoms with Crippen LogP contribution < -0.4 is 5.32 Å². The summed E-state index contributed by atoms with van der Waals surface area (Å²) in [6.45, 7) is 0.388. The Morgan fingerprint density at radius 1 is 1.53 bits per heavy atom. The van der Waals surface area contributed by atoms with E-state index >= 15 is 0 Å². The van der Waals surface area contributed by atoms with Crippen LogP contribution in [0.1, 0.15) is 5.56 Å². The first-order chi connectivity index (χ1) is 7.15. The van der Waals surface area contributed by atoms with Crippen molar-refractivity contribution in [3.63, 3.8) is 0 Å². The van der Waals surface area contributed by atoms with Crippen molar-refractivity contribution in [3.8, 4) is 0 Å². The third-order valence-corrected chi connectivity index (χ3v) is 2.72. The molecule has 0 saturated heterocycles. The van der Waals surface area contributed by atoms with Gasteiger partial charge in [0.1, 0.15) is 11.7 Å². The highest BCUT2D eigenvalue weighted by molar-refractivity contribution is 9.10. The summed E-state index contributed by atoms with van der Waals surface area (Å²) in [5.41, 5.74) is 0.569. The highest BCUT2D eigenvalue weighted by Gasteiger charge is 2.05. The average molecular weight is 295 g/mol. The molecule has 0 radical (unpaired) electrons. The van der Waals surface area contributed by atoms with Gasteiger partial charge in [0.05, 0.1) is 4.47 Å². The van der Waals surface area contributed by atoms with Gasteiger partial charge in [0.15, 0.2) is 0 Å². The van der Waals surface area contributed by atoms with Crippen molar-refractivity contribution >= 4 is 33.4 Å². The van der Waals surface area contributed by atoms with Crippen molar-refractivity contribution in [3.05, 3.63) is 34.1 Å². The minimum Gasteiger partial charge on any atom is -0.355 e. The number of rotatable bonds is 4. The van der Waals surface area contributed by atoms with Crippen molar-refractivity contribution in [2.24, 2.45) is 0 Å². The fraction of sp³-hybridized carbons (Fsp3) is 0.300. The lowest BCUT2D eigenvalue weighted by molar-refractivity contribution is -0.118. The van der Waals surface area contributed by atoms with Gasteiger partial charge in [-0.1, -0.05) is 12.1 Å². The van der Waals surface area contributed by atoms with E-state index in [0.29, 0.717) is 23.0 Å². The van der Waals surface area contributed by atoms with Crippen LogP contribution in [0.4, 0.5) is 4.39 Å². The largest absolute Gasteiger partial charge is 0.355 e. The van der Waals surface area contributed by atoms with Crippen LogP contribution in [0.3, 0.4) is 0 Å². The van der Waals surface area contributed by atoms with Crippen LogP contribution in [0.5, 0.6) is 0 Å². The zero-order valence-electron chi connectivity index (χ0n) is 7.90. The van der Waals surface area contributed by atoms with Gasteiger partial charge in [-0.05, 0) is 34.0 Å². The summed E-state index contributed by atoms with van der Waals surface area (Å²) in [6, 6.07) is 5.08. The first-order valence-electron chi connectivity index (χ1n) is 4.40. The summed E-state index contributed by atoms with van der Waals surface area (Å²) in [4.78, 5) is 10.8. The molecule has 0 heterocycles. The van der Waals surface area contributed by atoms with Gasteiger partial charge in [0.2, 0.25) is 5.91 Å². The average Bonchev–Trinajstić information content (AvgIpc) is 2.24. The number of hydrogen-bond donors (Lipinski definition) is 1. The lowest BCUT2D eigenvalue weighted by Crippen LogP contribution is -2.26. The van der Waals surface area contributed by atoms with E-state index in [-0.39, 0.29) is 17.6 Å². The smallest absolute Gasteiger partial charge is 0.234 e. The second-order valence-corrected chi connectivity index (χ2v) is 4.07. The Bertz CT molecular complexity index is 359. The van der Waals surface area contributed by atoms with E-state index in [1.807, 2.05) is 0 Å². The molecular weight excluding hydrogens is 284 g/mol. The number of halogens is 3. The van der Waals surface area contributed by atoms with Crippen molar-refractivity contribution in [1.82, 2.24) is 5.32 Å². The molecule has 0 aliphatic rings. The van der Waals surface area contributed by atoms with Gasteiger partial charge < -0.3 is 5.32 Å². The van der Waals surface area contributed by atoms with Crippen LogP contribution in [0, 0.1) is 5.82 Å². The molecule has 1 N–H and O–H groups in total. The number of alkyl halides is 1. The molecule has 1 amide bonds. The quantitative estimate of drug-likeness (QED) is 0.849. The number of amides is 1. The monoisotopic (exact) mass is 293 g/mol. The third kappa shape index (κ3) is 3.80. The minimum atomic E-state index is -0.280. The summed E-state index contributed by atoms with van der Waals surface area (Å²) in [7, 11) is 0. The zero-order valence-corrected chi connectivity index (χ0v) is 10.2. The van der Waals surface area contributed by atoms with Crippen LogP contribution in [0.25, 0.3) is 0 Å². The zero-order chi connectivity index (χ0) is 11.3. The predicted molar refractivity (Wildman–Crippen MR) is 61.5 cm³/mol. The molecule has 1 aromatic carbocycles. The molecule has 1 rings (SSSR count). The molecule has 0 unspecified atom stereocenters. The number of benzene rings is 1. The molecule has 2 nitrogen and oxygen atoms in total. The molecule has 0 fully saturated rings. The molecule has 0 spiro atoms. The van der Waals surface area contributed by atoms with Crippen LogP contribution in [0.2, 0.25) is 0 Å². The highest BCUT2D eigenvalue weighted by Crippen LogP contribution is 2.18. The van der Waals surface area contributed by atoms with Gasteiger partial charge in [-0.15, -0.1) is 11.6 Å². The minimum absolute atomic E-state index is 0.0685. The first-order valence-corrected chi connectivity index (χ1v) is 5.73. The highest BCUT2D eigenvalue weighted by atomic mass is 79.9. The molecule has 0 aromatic heterocycles. The Labute approximate surface area is 101 Å². The lowest BCUT2D eigenvalue weighted by atomic mass is 10.1. The number of carbonyl (C=O) groups is 1. The molecule has 0 saturated carbocycles. The van der Waals surface area contributed by atoms with E-state index in [4.69, 9.17) is 11.6 Å². The predicted octanol–water partition coefficient (Wildman–Crippen LogP) is 2.49. The Morgan fingerprint density at radius 2 is 2.27 bits per heavy atom. The number of nitrogens with one attached hydrogen (secondary N) is 1. The van der Waals surface area contributed by atoms with E-state index in [1.165, 1.54) is 0 Å².